The van der Waals surface area contributed by atoms with E-state index in [2.05, 4.69) is 24.1 Å². The SMILES string of the molecule is CC1CCCC(C)C1NC(=O)Cc1c[nH]c2ccc(F)cc12. The number of aromatic nitrogens is 1. The minimum absolute atomic E-state index is 0.0239. The Morgan fingerprint density at radius 2 is 2.05 bits per heavy atom. The third kappa shape index (κ3) is 3.01. The number of aromatic amines is 1. The zero-order chi connectivity index (χ0) is 15.7. The van der Waals surface area contributed by atoms with Gasteiger partial charge in [-0.1, -0.05) is 20.3 Å². The summed E-state index contributed by atoms with van der Waals surface area (Å²) < 4.78 is 13.4. The van der Waals surface area contributed by atoms with E-state index in [9.17, 15) is 9.18 Å². The first-order valence-corrected chi connectivity index (χ1v) is 8.09. The van der Waals surface area contributed by atoms with Crippen LogP contribution in [0, 0.1) is 17.7 Å². The molecule has 3 nitrogen and oxygen atoms in total. The number of halogens is 1. The number of hydrogen-bond acceptors (Lipinski definition) is 1. The molecule has 2 aromatic rings. The second-order valence-electron chi connectivity index (χ2n) is 6.66. The summed E-state index contributed by atoms with van der Waals surface area (Å²) in [6.45, 7) is 4.42. The van der Waals surface area contributed by atoms with Crippen LogP contribution in [0.5, 0.6) is 0 Å². The van der Waals surface area contributed by atoms with Crippen LogP contribution in [-0.4, -0.2) is 16.9 Å². The van der Waals surface area contributed by atoms with Gasteiger partial charge < -0.3 is 10.3 Å². The van der Waals surface area contributed by atoms with Crippen LogP contribution in [0.15, 0.2) is 24.4 Å². The van der Waals surface area contributed by atoms with Crippen LogP contribution in [0.1, 0.15) is 38.7 Å². The number of carbonyl (C=O) groups excluding carboxylic acids is 1. The number of carbonyl (C=O) groups is 1. The molecule has 0 saturated heterocycles. The minimum atomic E-state index is -0.275. The van der Waals surface area contributed by atoms with Crippen LogP contribution in [0.3, 0.4) is 0 Å². The Labute approximate surface area is 130 Å². The molecule has 1 fully saturated rings. The summed E-state index contributed by atoms with van der Waals surface area (Å²) in [6, 6.07) is 4.87. The predicted octanol–water partition coefficient (Wildman–Crippen LogP) is 3.79. The van der Waals surface area contributed by atoms with Crippen molar-refractivity contribution in [2.75, 3.05) is 0 Å². The van der Waals surface area contributed by atoms with Gasteiger partial charge in [0.05, 0.1) is 6.42 Å². The van der Waals surface area contributed by atoms with Gasteiger partial charge in [-0.05, 0) is 48.4 Å². The summed E-state index contributed by atoms with van der Waals surface area (Å²) in [6.07, 6.45) is 5.69. The maximum Gasteiger partial charge on any atom is 0.224 e. The number of H-pyrrole nitrogens is 1. The number of nitrogens with one attached hydrogen (secondary N) is 2. The first-order chi connectivity index (χ1) is 10.5. The molecule has 1 aromatic carbocycles. The third-order valence-electron chi connectivity index (χ3n) is 4.95. The molecule has 1 amide bonds. The number of fused-ring (bicyclic) bond motifs is 1. The molecule has 0 aliphatic heterocycles. The van der Waals surface area contributed by atoms with Crippen molar-refractivity contribution in [1.29, 1.82) is 0 Å². The van der Waals surface area contributed by atoms with Gasteiger partial charge in [0.2, 0.25) is 5.91 Å². The van der Waals surface area contributed by atoms with E-state index in [0.29, 0.717) is 18.3 Å². The van der Waals surface area contributed by atoms with Crippen molar-refractivity contribution in [3.05, 3.63) is 35.8 Å². The second kappa shape index (κ2) is 6.11. The maximum absolute atomic E-state index is 13.4. The van der Waals surface area contributed by atoms with Crippen LogP contribution in [0.2, 0.25) is 0 Å². The highest BCUT2D eigenvalue weighted by Gasteiger charge is 2.28. The largest absolute Gasteiger partial charge is 0.361 e. The quantitative estimate of drug-likeness (QED) is 0.890. The lowest BCUT2D eigenvalue weighted by Crippen LogP contribution is -2.46. The van der Waals surface area contributed by atoms with Crippen LogP contribution in [-0.2, 0) is 11.2 Å². The Balaban J connectivity index is 1.71. The van der Waals surface area contributed by atoms with Crippen LogP contribution in [0.4, 0.5) is 4.39 Å². The highest BCUT2D eigenvalue weighted by atomic mass is 19.1. The fourth-order valence-corrected chi connectivity index (χ4v) is 3.67. The van der Waals surface area contributed by atoms with Crippen LogP contribution in [0.25, 0.3) is 10.9 Å². The van der Waals surface area contributed by atoms with Crippen LogP contribution < -0.4 is 5.32 Å². The molecular weight excluding hydrogens is 279 g/mol. The first kappa shape index (κ1) is 15.1. The van der Waals surface area contributed by atoms with Crippen molar-refractivity contribution in [2.24, 2.45) is 11.8 Å². The Kier molecular flexibility index (Phi) is 4.19. The van der Waals surface area contributed by atoms with Crippen molar-refractivity contribution in [2.45, 2.75) is 45.6 Å². The Morgan fingerprint density at radius 1 is 1.32 bits per heavy atom. The van der Waals surface area contributed by atoms with Gasteiger partial charge in [-0.3, -0.25) is 4.79 Å². The minimum Gasteiger partial charge on any atom is -0.361 e. The summed E-state index contributed by atoms with van der Waals surface area (Å²) in [5.41, 5.74) is 1.71. The number of hydrogen-bond donors (Lipinski definition) is 2. The van der Waals surface area contributed by atoms with Crippen molar-refractivity contribution in [1.82, 2.24) is 10.3 Å². The van der Waals surface area contributed by atoms with Gasteiger partial charge in [0, 0.05) is 23.1 Å². The number of benzene rings is 1. The van der Waals surface area contributed by atoms with E-state index in [1.807, 2.05) is 0 Å². The van der Waals surface area contributed by atoms with E-state index in [1.165, 1.54) is 31.4 Å². The monoisotopic (exact) mass is 302 g/mol. The smallest absolute Gasteiger partial charge is 0.224 e. The van der Waals surface area contributed by atoms with E-state index in [4.69, 9.17) is 0 Å². The lowest BCUT2D eigenvalue weighted by molar-refractivity contribution is -0.122. The van der Waals surface area contributed by atoms with Crippen molar-refractivity contribution in [3.8, 4) is 0 Å². The van der Waals surface area contributed by atoms with Crippen molar-refractivity contribution < 1.29 is 9.18 Å². The molecule has 1 heterocycles. The molecule has 0 radical (unpaired) electrons. The fourth-order valence-electron chi connectivity index (χ4n) is 3.67. The summed E-state index contributed by atoms with van der Waals surface area (Å²) in [4.78, 5) is 15.5. The van der Waals surface area contributed by atoms with Gasteiger partial charge in [-0.25, -0.2) is 4.39 Å². The molecule has 1 aliphatic carbocycles. The molecule has 1 aromatic heterocycles. The molecule has 22 heavy (non-hydrogen) atoms. The molecule has 2 N–H and O–H groups in total. The number of amides is 1. The molecule has 3 rings (SSSR count). The first-order valence-electron chi connectivity index (χ1n) is 8.09. The molecule has 4 heteroatoms. The van der Waals surface area contributed by atoms with E-state index in [1.54, 1.807) is 12.3 Å². The Morgan fingerprint density at radius 3 is 2.77 bits per heavy atom. The van der Waals surface area contributed by atoms with Gasteiger partial charge in [-0.2, -0.15) is 0 Å². The lowest BCUT2D eigenvalue weighted by atomic mass is 9.78. The maximum atomic E-state index is 13.4. The standard InChI is InChI=1S/C18H23FN2O/c1-11-4-3-5-12(2)18(11)21-17(22)8-13-10-20-16-7-6-14(19)9-15(13)16/h6-7,9-12,18,20H,3-5,8H2,1-2H3,(H,21,22). The number of rotatable bonds is 3. The summed E-state index contributed by atoms with van der Waals surface area (Å²) in [5, 5.41) is 3.98. The van der Waals surface area contributed by atoms with Gasteiger partial charge >= 0.3 is 0 Å². The zero-order valence-electron chi connectivity index (χ0n) is 13.2. The molecule has 1 aliphatic rings. The van der Waals surface area contributed by atoms with E-state index >= 15 is 0 Å². The summed E-state index contributed by atoms with van der Waals surface area (Å²) >= 11 is 0. The van der Waals surface area contributed by atoms with Gasteiger partial charge in [-0.15, -0.1) is 0 Å². The Hall–Kier alpha value is -1.84. The second-order valence-corrected chi connectivity index (χ2v) is 6.66. The molecule has 2 unspecified atom stereocenters. The molecular formula is C18H23FN2O. The van der Waals surface area contributed by atoms with E-state index in [0.717, 1.165) is 16.5 Å². The highest BCUT2D eigenvalue weighted by molar-refractivity contribution is 5.89. The highest BCUT2D eigenvalue weighted by Crippen LogP contribution is 2.29. The molecule has 118 valence electrons. The normalized spacial score (nSPS) is 25.3. The Bertz CT molecular complexity index is 669. The van der Waals surface area contributed by atoms with Crippen molar-refractivity contribution in [3.63, 3.8) is 0 Å². The van der Waals surface area contributed by atoms with Gasteiger partial charge in [0.25, 0.3) is 0 Å². The third-order valence-corrected chi connectivity index (χ3v) is 4.95. The molecule has 0 bridgehead atoms. The molecule has 2 atom stereocenters. The summed E-state index contributed by atoms with van der Waals surface area (Å²) in [7, 11) is 0. The zero-order valence-corrected chi connectivity index (χ0v) is 13.2. The lowest BCUT2D eigenvalue weighted by Gasteiger charge is -2.35. The average Bonchev–Trinajstić information content (AvgIpc) is 2.85. The van der Waals surface area contributed by atoms with Crippen molar-refractivity contribution >= 4 is 16.8 Å². The fraction of sp³-hybridized carbons (Fsp3) is 0.500. The average molecular weight is 302 g/mol. The van der Waals surface area contributed by atoms with Gasteiger partial charge in [0.15, 0.2) is 0 Å². The predicted molar refractivity (Wildman–Crippen MR) is 86.1 cm³/mol. The van der Waals surface area contributed by atoms with E-state index in [-0.39, 0.29) is 17.8 Å². The molecule has 0 spiro atoms. The molecule has 1 saturated carbocycles. The topological polar surface area (TPSA) is 44.9 Å². The van der Waals surface area contributed by atoms with Gasteiger partial charge in [0.1, 0.15) is 5.82 Å². The summed E-state index contributed by atoms with van der Waals surface area (Å²) in [5.74, 6) is 0.792. The van der Waals surface area contributed by atoms with E-state index < -0.39 is 0 Å². The van der Waals surface area contributed by atoms with Crippen LogP contribution >= 0.6 is 0 Å².